The van der Waals surface area contributed by atoms with E-state index in [9.17, 15) is 9.90 Å². The first-order valence-corrected chi connectivity index (χ1v) is 8.72. The number of aliphatic hydroxyl groups excluding tert-OH is 1. The van der Waals surface area contributed by atoms with Crippen LogP contribution < -0.4 is 10.6 Å². The Hall–Kier alpha value is -1.64. The fraction of sp³-hybridized carbons (Fsp3) is 0.750. The molecule has 2 saturated heterocycles. The third-order valence-corrected chi connectivity index (χ3v) is 5.24. The average molecular weight is 336 g/mol. The molecule has 0 radical (unpaired) electrons. The van der Waals surface area contributed by atoms with Gasteiger partial charge in [0, 0.05) is 18.4 Å². The summed E-state index contributed by atoms with van der Waals surface area (Å²) in [5.41, 5.74) is 0. The maximum atomic E-state index is 12.3. The van der Waals surface area contributed by atoms with Crippen molar-refractivity contribution in [2.45, 2.75) is 68.7 Å². The quantitative estimate of drug-likeness (QED) is 0.748. The molecule has 3 heterocycles. The molecule has 0 aromatic carbocycles. The van der Waals surface area contributed by atoms with Crippen molar-refractivity contribution in [2.24, 2.45) is 0 Å². The van der Waals surface area contributed by atoms with Crippen LogP contribution in [0.4, 0.5) is 4.79 Å². The predicted molar refractivity (Wildman–Crippen MR) is 84.2 cm³/mol. The van der Waals surface area contributed by atoms with Gasteiger partial charge in [-0.2, -0.15) is 0 Å². The molecule has 1 aromatic rings. The highest BCUT2D eigenvalue weighted by Gasteiger charge is 2.51. The summed E-state index contributed by atoms with van der Waals surface area (Å²) in [6.07, 6.45) is 8.96. The summed E-state index contributed by atoms with van der Waals surface area (Å²) in [5, 5.41) is 16.7. The van der Waals surface area contributed by atoms with Gasteiger partial charge < -0.3 is 29.8 Å². The van der Waals surface area contributed by atoms with Crippen LogP contribution in [0.3, 0.4) is 0 Å². The van der Waals surface area contributed by atoms with Gasteiger partial charge in [-0.1, -0.05) is 19.3 Å². The lowest BCUT2D eigenvalue weighted by atomic mass is 9.95. The van der Waals surface area contributed by atoms with E-state index in [1.165, 1.54) is 6.42 Å². The van der Waals surface area contributed by atoms with Gasteiger partial charge in [-0.25, -0.2) is 9.78 Å². The van der Waals surface area contributed by atoms with Crippen LogP contribution in [-0.4, -0.2) is 57.9 Å². The van der Waals surface area contributed by atoms with Crippen molar-refractivity contribution in [3.05, 3.63) is 18.7 Å². The number of imidazole rings is 1. The summed E-state index contributed by atoms with van der Waals surface area (Å²) < 4.78 is 13.2. The van der Waals surface area contributed by atoms with Gasteiger partial charge in [-0.15, -0.1) is 0 Å². The fourth-order valence-electron chi connectivity index (χ4n) is 3.97. The predicted octanol–water partition coefficient (Wildman–Crippen LogP) is 0.541. The number of carbonyl (C=O) groups is 1. The van der Waals surface area contributed by atoms with Crippen molar-refractivity contribution >= 4 is 6.03 Å². The minimum Gasteiger partial charge on any atom is -0.388 e. The molecule has 3 aliphatic rings. The smallest absolute Gasteiger partial charge is 0.315 e. The molecule has 5 unspecified atom stereocenters. The topological polar surface area (TPSA) is 97.6 Å². The number of aliphatic hydroxyl groups is 1. The zero-order valence-corrected chi connectivity index (χ0v) is 13.5. The van der Waals surface area contributed by atoms with E-state index in [1.54, 1.807) is 23.3 Å². The number of rotatable bonds is 3. The van der Waals surface area contributed by atoms with E-state index >= 15 is 0 Å². The zero-order valence-electron chi connectivity index (χ0n) is 13.5. The largest absolute Gasteiger partial charge is 0.388 e. The van der Waals surface area contributed by atoms with Gasteiger partial charge in [0.25, 0.3) is 0 Å². The molecule has 24 heavy (non-hydrogen) atoms. The SMILES string of the molecule is O=C(NC1CCCCC1)NC1C2COC(O2)C(n2ccnc2)C1O. The van der Waals surface area contributed by atoms with E-state index in [0.29, 0.717) is 6.61 Å². The molecule has 3 N–H and O–H groups in total. The highest BCUT2D eigenvalue weighted by Crippen LogP contribution is 2.35. The minimum atomic E-state index is -0.803. The monoisotopic (exact) mass is 336 g/mol. The number of hydrogen-bond donors (Lipinski definition) is 3. The Balaban J connectivity index is 1.42. The molecule has 2 amide bonds. The second-order valence-corrected chi connectivity index (χ2v) is 6.85. The lowest BCUT2D eigenvalue weighted by molar-refractivity contribution is -0.163. The lowest BCUT2D eigenvalue weighted by Crippen LogP contribution is -2.60. The Morgan fingerprint density at radius 3 is 2.83 bits per heavy atom. The summed E-state index contributed by atoms with van der Waals surface area (Å²) in [5.74, 6) is 0. The Kier molecular flexibility index (Phi) is 4.43. The second-order valence-electron chi connectivity index (χ2n) is 6.85. The van der Waals surface area contributed by atoms with Gasteiger partial charge in [0.1, 0.15) is 18.2 Å². The van der Waals surface area contributed by atoms with Crippen molar-refractivity contribution in [3.8, 4) is 0 Å². The molecule has 1 aromatic heterocycles. The maximum Gasteiger partial charge on any atom is 0.315 e. The average Bonchev–Trinajstić information content (AvgIpc) is 3.24. The highest BCUT2D eigenvalue weighted by atomic mass is 16.7. The van der Waals surface area contributed by atoms with Crippen molar-refractivity contribution in [1.29, 1.82) is 0 Å². The number of fused-ring (bicyclic) bond motifs is 2. The van der Waals surface area contributed by atoms with Crippen LogP contribution >= 0.6 is 0 Å². The van der Waals surface area contributed by atoms with E-state index in [4.69, 9.17) is 9.47 Å². The Labute approximate surface area is 140 Å². The summed E-state index contributed by atoms with van der Waals surface area (Å²) in [4.78, 5) is 16.4. The van der Waals surface area contributed by atoms with Gasteiger partial charge >= 0.3 is 6.03 Å². The summed E-state index contributed by atoms with van der Waals surface area (Å²) >= 11 is 0. The van der Waals surface area contributed by atoms with Gasteiger partial charge in [0.2, 0.25) is 0 Å². The summed E-state index contributed by atoms with van der Waals surface area (Å²) in [7, 11) is 0. The molecular weight excluding hydrogens is 312 g/mol. The van der Waals surface area contributed by atoms with Gasteiger partial charge in [0.05, 0.1) is 19.0 Å². The van der Waals surface area contributed by atoms with E-state index in [-0.39, 0.29) is 18.2 Å². The van der Waals surface area contributed by atoms with E-state index in [2.05, 4.69) is 15.6 Å². The van der Waals surface area contributed by atoms with Gasteiger partial charge in [-0.3, -0.25) is 0 Å². The van der Waals surface area contributed by atoms with Crippen molar-refractivity contribution in [1.82, 2.24) is 20.2 Å². The van der Waals surface area contributed by atoms with Crippen LogP contribution in [0.1, 0.15) is 38.1 Å². The number of carbonyl (C=O) groups excluding carboxylic acids is 1. The van der Waals surface area contributed by atoms with Crippen molar-refractivity contribution < 1.29 is 19.4 Å². The first-order chi connectivity index (χ1) is 11.7. The fourth-order valence-corrected chi connectivity index (χ4v) is 3.97. The third-order valence-electron chi connectivity index (χ3n) is 5.24. The molecule has 2 aliphatic heterocycles. The van der Waals surface area contributed by atoms with Crippen molar-refractivity contribution in [2.75, 3.05) is 6.61 Å². The highest BCUT2D eigenvalue weighted by molar-refractivity contribution is 5.74. The Bertz CT molecular complexity index is 560. The normalized spacial score (nSPS) is 36.5. The first-order valence-electron chi connectivity index (χ1n) is 8.72. The number of urea groups is 1. The Morgan fingerprint density at radius 1 is 1.25 bits per heavy atom. The molecule has 132 valence electrons. The lowest BCUT2D eigenvalue weighted by Gasteiger charge is -2.39. The van der Waals surface area contributed by atoms with Crippen LogP contribution in [0.5, 0.6) is 0 Å². The number of nitrogens with one attached hydrogen (secondary N) is 2. The summed E-state index contributed by atoms with van der Waals surface area (Å²) in [6.45, 7) is 0.362. The first kappa shape index (κ1) is 15.9. The number of amides is 2. The molecule has 1 aliphatic carbocycles. The molecular formula is C16H24N4O4. The van der Waals surface area contributed by atoms with Crippen LogP contribution in [0, 0.1) is 0 Å². The van der Waals surface area contributed by atoms with E-state index < -0.39 is 24.5 Å². The van der Waals surface area contributed by atoms with E-state index in [1.807, 2.05) is 0 Å². The van der Waals surface area contributed by atoms with Crippen LogP contribution in [0.25, 0.3) is 0 Å². The summed E-state index contributed by atoms with van der Waals surface area (Å²) in [6, 6.07) is -0.965. The number of hydrogen-bond acceptors (Lipinski definition) is 5. The molecule has 5 atom stereocenters. The minimum absolute atomic E-state index is 0.220. The zero-order chi connectivity index (χ0) is 16.5. The van der Waals surface area contributed by atoms with Crippen LogP contribution in [0.2, 0.25) is 0 Å². The van der Waals surface area contributed by atoms with Gasteiger partial charge in [0.15, 0.2) is 6.29 Å². The molecule has 1 saturated carbocycles. The molecule has 8 nitrogen and oxygen atoms in total. The molecule has 8 heteroatoms. The Morgan fingerprint density at radius 2 is 2.08 bits per heavy atom. The maximum absolute atomic E-state index is 12.3. The van der Waals surface area contributed by atoms with Crippen LogP contribution in [-0.2, 0) is 9.47 Å². The molecule has 0 spiro atoms. The number of nitrogens with zero attached hydrogens (tertiary/aromatic N) is 2. The third kappa shape index (κ3) is 3.01. The van der Waals surface area contributed by atoms with Crippen molar-refractivity contribution in [3.63, 3.8) is 0 Å². The number of ether oxygens (including phenoxy) is 2. The van der Waals surface area contributed by atoms with Gasteiger partial charge in [-0.05, 0) is 12.8 Å². The van der Waals surface area contributed by atoms with E-state index in [0.717, 1.165) is 25.7 Å². The molecule has 2 bridgehead atoms. The second kappa shape index (κ2) is 6.70. The van der Waals surface area contributed by atoms with Crippen LogP contribution in [0.15, 0.2) is 18.7 Å². The number of aromatic nitrogens is 2. The standard InChI is InChI=1S/C16H24N4O4/c21-14-12(19-16(22)18-10-4-2-1-3-5-10)11-8-23-15(24-11)13(14)20-7-6-17-9-20/h6-7,9-15,21H,1-5,8H2,(H2,18,19,22). The molecule has 4 rings (SSSR count). The molecule has 3 fully saturated rings.